The summed E-state index contributed by atoms with van der Waals surface area (Å²) >= 11 is 1.61. The third kappa shape index (κ3) is 5.00. The molecule has 1 N–H and O–H groups in total. The van der Waals surface area contributed by atoms with Gasteiger partial charge >= 0.3 is 0 Å². The molecule has 2 aromatic carbocycles. The minimum atomic E-state index is -3.63. The molecular formula is C22H26N4O4S2. The zero-order chi connectivity index (χ0) is 22.7. The van der Waals surface area contributed by atoms with Gasteiger partial charge < -0.3 is 10.1 Å². The molecule has 0 bridgehead atoms. The van der Waals surface area contributed by atoms with Crippen molar-refractivity contribution >= 4 is 43.2 Å². The second-order valence-electron chi connectivity index (χ2n) is 7.70. The van der Waals surface area contributed by atoms with Gasteiger partial charge in [-0.2, -0.15) is 4.31 Å². The average molecular weight is 475 g/mol. The zero-order valence-electron chi connectivity index (χ0n) is 18.0. The summed E-state index contributed by atoms with van der Waals surface area (Å²) in [5, 5.41) is 3.78. The lowest BCUT2D eigenvalue weighted by Crippen LogP contribution is -2.40. The van der Waals surface area contributed by atoms with Gasteiger partial charge in [0.2, 0.25) is 15.9 Å². The number of nitrogens with zero attached hydrogens (tertiary/aromatic N) is 3. The molecule has 1 aromatic heterocycles. The number of benzene rings is 2. The van der Waals surface area contributed by atoms with E-state index in [1.165, 1.54) is 10.4 Å². The van der Waals surface area contributed by atoms with Gasteiger partial charge in [-0.1, -0.05) is 18.2 Å². The van der Waals surface area contributed by atoms with Crippen LogP contribution in [0.15, 0.2) is 53.4 Å². The Bertz CT molecular complexity index is 1170. The number of thiazole rings is 1. The summed E-state index contributed by atoms with van der Waals surface area (Å²) in [4.78, 5) is 19.5. The standard InChI is InChI=1S/C22H26N4O4S2/c1-16(25(2)15-21-24-19-8-3-4-9-20(19)31-21)22(27)23-17-6-5-7-18(14-17)32(28,29)26-10-12-30-13-11-26/h3-9,14,16H,10-13,15H2,1-2H3,(H,23,27)/t16-/m1/s1. The molecule has 0 unspecified atom stereocenters. The van der Waals surface area contributed by atoms with Crippen molar-refractivity contribution in [2.24, 2.45) is 0 Å². The first kappa shape index (κ1) is 22.8. The second kappa shape index (κ2) is 9.63. The minimum Gasteiger partial charge on any atom is -0.379 e. The third-order valence-corrected chi connectivity index (χ3v) is 8.39. The fourth-order valence-electron chi connectivity index (χ4n) is 3.46. The Balaban J connectivity index is 1.42. The largest absolute Gasteiger partial charge is 0.379 e. The van der Waals surface area contributed by atoms with Crippen LogP contribution in [-0.2, 0) is 26.1 Å². The Morgan fingerprint density at radius 3 is 2.72 bits per heavy atom. The molecule has 0 saturated carbocycles. The predicted molar refractivity (Wildman–Crippen MR) is 125 cm³/mol. The molecule has 4 rings (SSSR count). The van der Waals surface area contributed by atoms with Crippen LogP contribution in [0.4, 0.5) is 5.69 Å². The summed E-state index contributed by atoms with van der Waals surface area (Å²) in [6.45, 7) is 3.78. The van der Waals surface area contributed by atoms with Gasteiger partial charge in [0.1, 0.15) is 5.01 Å². The van der Waals surface area contributed by atoms with E-state index in [1.54, 1.807) is 29.5 Å². The second-order valence-corrected chi connectivity index (χ2v) is 10.8. The number of nitrogens with one attached hydrogen (secondary N) is 1. The lowest BCUT2D eigenvalue weighted by molar-refractivity contribution is -0.120. The summed E-state index contributed by atoms with van der Waals surface area (Å²) in [5.41, 5.74) is 1.40. The van der Waals surface area contributed by atoms with Crippen molar-refractivity contribution in [1.82, 2.24) is 14.2 Å². The maximum absolute atomic E-state index is 12.9. The number of ether oxygens (including phenoxy) is 1. The molecule has 2 heterocycles. The number of fused-ring (bicyclic) bond motifs is 1. The number of sulfonamides is 1. The summed E-state index contributed by atoms with van der Waals surface area (Å²) < 4.78 is 33.5. The average Bonchev–Trinajstić information content (AvgIpc) is 3.21. The van der Waals surface area contributed by atoms with Gasteiger partial charge in [-0.05, 0) is 44.3 Å². The number of amides is 1. The highest BCUT2D eigenvalue weighted by molar-refractivity contribution is 7.89. The topological polar surface area (TPSA) is 91.8 Å². The van der Waals surface area contributed by atoms with E-state index in [0.717, 1.165) is 15.2 Å². The number of rotatable bonds is 7. The number of anilines is 1. The van der Waals surface area contributed by atoms with Gasteiger partial charge in [0.25, 0.3) is 0 Å². The molecule has 3 aromatic rings. The van der Waals surface area contributed by atoms with E-state index in [2.05, 4.69) is 10.3 Å². The first-order chi connectivity index (χ1) is 15.3. The van der Waals surface area contributed by atoms with E-state index < -0.39 is 16.1 Å². The minimum absolute atomic E-state index is 0.160. The highest BCUT2D eigenvalue weighted by Gasteiger charge is 2.27. The molecule has 0 radical (unpaired) electrons. The maximum Gasteiger partial charge on any atom is 0.243 e. The van der Waals surface area contributed by atoms with Crippen LogP contribution in [0.25, 0.3) is 10.2 Å². The predicted octanol–water partition coefficient (Wildman–Crippen LogP) is 2.78. The van der Waals surface area contributed by atoms with Crippen molar-refractivity contribution in [3.05, 3.63) is 53.5 Å². The van der Waals surface area contributed by atoms with Crippen molar-refractivity contribution in [2.75, 3.05) is 38.7 Å². The molecule has 1 amide bonds. The Morgan fingerprint density at radius 2 is 1.97 bits per heavy atom. The van der Waals surface area contributed by atoms with E-state index in [-0.39, 0.29) is 10.8 Å². The lowest BCUT2D eigenvalue weighted by Gasteiger charge is -2.26. The van der Waals surface area contributed by atoms with E-state index in [9.17, 15) is 13.2 Å². The fourth-order valence-corrected chi connectivity index (χ4v) is 5.94. The van der Waals surface area contributed by atoms with Crippen LogP contribution in [0.5, 0.6) is 0 Å². The molecule has 1 aliphatic heterocycles. The summed E-state index contributed by atoms with van der Waals surface area (Å²) in [6.07, 6.45) is 0. The molecule has 170 valence electrons. The van der Waals surface area contributed by atoms with Crippen LogP contribution >= 0.6 is 11.3 Å². The number of para-hydroxylation sites is 1. The van der Waals surface area contributed by atoms with E-state index >= 15 is 0 Å². The van der Waals surface area contributed by atoms with Gasteiger partial charge in [0.05, 0.1) is 40.9 Å². The maximum atomic E-state index is 12.9. The number of likely N-dealkylation sites (N-methyl/N-ethyl adjacent to an activating group) is 1. The Morgan fingerprint density at radius 1 is 1.22 bits per heavy atom. The summed E-state index contributed by atoms with van der Waals surface area (Å²) in [5.74, 6) is -0.213. The number of morpholine rings is 1. The van der Waals surface area contributed by atoms with Crippen molar-refractivity contribution < 1.29 is 17.9 Å². The molecule has 1 fully saturated rings. The molecule has 8 nitrogen and oxygen atoms in total. The van der Waals surface area contributed by atoms with E-state index in [4.69, 9.17) is 4.74 Å². The Hall–Kier alpha value is -2.37. The number of hydrogen-bond donors (Lipinski definition) is 1. The normalized spacial score (nSPS) is 16.3. The smallest absolute Gasteiger partial charge is 0.243 e. The van der Waals surface area contributed by atoms with Gasteiger partial charge in [-0.25, -0.2) is 13.4 Å². The zero-order valence-corrected chi connectivity index (χ0v) is 19.7. The summed E-state index contributed by atoms with van der Waals surface area (Å²) in [7, 11) is -1.76. The third-order valence-electron chi connectivity index (χ3n) is 5.47. The Kier molecular flexibility index (Phi) is 6.87. The molecular weight excluding hydrogens is 448 g/mol. The van der Waals surface area contributed by atoms with Crippen LogP contribution in [0, 0.1) is 0 Å². The molecule has 0 aliphatic carbocycles. The lowest BCUT2D eigenvalue weighted by atomic mass is 10.2. The highest BCUT2D eigenvalue weighted by Crippen LogP contribution is 2.24. The van der Waals surface area contributed by atoms with Gasteiger partial charge in [0.15, 0.2) is 0 Å². The summed E-state index contributed by atoms with van der Waals surface area (Å²) in [6, 6.07) is 13.9. The van der Waals surface area contributed by atoms with E-state index in [0.29, 0.717) is 38.5 Å². The molecule has 10 heteroatoms. The Labute approximate surface area is 191 Å². The first-order valence-corrected chi connectivity index (χ1v) is 12.6. The number of carbonyl (C=O) groups excluding carboxylic acids is 1. The molecule has 32 heavy (non-hydrogen) atoms. The van der Waals surface area contributed by atoms with Crippen molar-refractivity contribution in [3.8, 4) is 0 Å². The molecule has 1 aliphatic rings. The SMILES string of the molecule is C[C@H](C(=O)Nc1cccc(S(=O)(=O)N2CCOCC2)c1)N(C)Cc1nc2ccccc2s1. The van der Waals surface area contributed by atoms with Crippen LogP contribution in [0.3, 0.4) is 0 Å². The molecule has 0 spiro atoms. The van der Waals surface area contributed by atoms with Crippen LogP contribution in [0.2, 0.25) is 0 Å². The molecule has 1 atom stereocenters. The van der Waals surface area contributed by atoms with Crippen molar-refractivity contribution in [2.45, 2.75) is 24.4 Å². The quantitative estimate of drug-likeness (QED) is 0.566. The van der Waals surface area contributed by atoms with Crippen molar-refractivity contribution in [1.29, 1.82) is 0 Å². The highest BCUT2D eigenvalue weighted by atomic mass is 32.2. The van der Waals surface area contributed by atoms with Gasteiger partial charge in [-0.3, -0.25) is 9.69 Å². The van der Waals surface area contributed by atoms with Gasteiger partial charge in [-0.15, -0.1) is 11.3 Å². The first-order valence-electron chi connectivity index (χ1n) is 10.4. The number of carbonyl (C=O) groups is 1. The number of hydrogen-bond acceptors (Lipinski definition) is 7. The van der Waals surface area contributed by atoms with Crippen molar-refractivity contribution in [3.63, 3.8) is 0 Å². The van der Waals surface area contributed by atoms with E-state index in [1.807, 2.05) is 43.1 Å². The number of aromatic nitrogens is 1. The molecule has 1 saturated heterocycles. The van der Waals surface area contributed by atoms with Crippen LogP contribution in [0.1, 0.15) is 11.9 Å². The monoisotopic (exact) mass is 474 g/mol. The van der Waals surface area contributed by atoms with Crippen LogP contribution in [-0.4, -0.2) is 67.9 Å². The van der Waals surface area contributed by atoms with Gasteiger partial charge in [0, 0.05) is 18.8 Å². The van der Waals surface area contributed by atoms with Crippen LogP contribution < -0.4 is 5.32 Å². The fraction of sp³-hybridized carbons (Fsp3) is 0.364.